The van der Waals surface area contributed by atoms with E-state index in [0.29, 0.717) is 27.5 Å². The Morgan fingerprint density at radius 3 is 2.74 bits per heavy atom. The van der Waals surface area contributed by atoms with Gasteiger partial charge in [-0.25, -0.2) is 0 Å². The van der Waals surface area contributed by atoms with E-state index in [2.05, 4.69) is 17.2 Å². The molecule has 1 aliphatic heterocycles. The zero-order chi connectivity index (χ0) is 17.0. The van der Waals surface area contributed by atoms with E-state index in [0.717, 1.165) is 5.56 Å². The number of halogens is 2. The molecular formula is C15H16Cl2N2O3S. The summed E-state index contributed by atoms with van der Waals surface area (Å²) in [7, 11) is 1.54. The Labute approximate surface area is 149 Å². The van der Waals surface area contributed by atoms with E-state index in [1.807, 2.05) is 0 Å². The smallest absolute Gasteiger partial charge is 0.317 e. The average Bonchev–Trinajstić information content (AvgIpc) is 2.49. The van der Waals surface area contributed by atoms with Crippen molar-refractivity contribution in [2.75, 3.05) is 20.3 Å². The predicted molar refractivity (Wildman–Crippen MR) is 93.5 cm³/mol. The molecule has 0 spiro atoms. The Hall–Kier alpha value is -1.34. The van der Waals surface area contributed by atoms with Gasteiger partial charge in [0.05, 0.1) is 22.7 Å². The van der Waals surface area contributed by atoms with Crippen molar-refractivity contribution in [2.24, 2.45) is 5.92 Å². The molecule has 0 unspecified atom stereocenters. The van der Waals surface area contributed by atoms with Gasteiger partial charge in [0.2, 0.25) is 0 Å². The fraction of sp³-hybridized carbons (Fsp3) is 0.333. The summed E-state index contributed by atoms with van der Waals surface area (Å²) in [6.07, 6.45) is 0. The van der Waals surface area contributed by atoms with E-state index >= 15 is 0 Å². The van der Waals surface area contributed by atoms with Gasteiger partial charge in [-0.3, -0.25) is 4.79 Å². The molecule has 2 rings (SSSR count). The molecule has 5 nitrogen and oxygen atoms in total. The standard InChI is InChI=1S/C15H16Cl2N2O3S/c1-8-12(14(20)22-6-5-21-2)13(19-15(23)18-8)9-3-4-10(16)11(17)7-9/h3-4,7,12-13H,1,5-6H2,2H3,(H2,18,19,23)/t12-,13-/m0/s1. The number of thiocarbonyl (C=S) groups is 1. The lowest BCUT2D eigenvalue weighted by Crippen LogP contribution is -2.51. The van der Waals surface area contributed by atoms with Crippen LogP contribution in [0.15, 0.2) is 30.5 Å². The monoisotopic (exact) mass is 374 g/mol. The van der Waals surface area contributed by atoms with Crippen LogP contribution < -0.4 is 10.6 Å². The molecule has 1 heterocycles. The van der Waals surface area contributed by atoms with Crippen LogP contribution in [0.5, 0.6) is 0 Å². The van der Waals surface area contributed by atoms with Crippen molar-refractivity contribution >= 4 is 46.5 Å². The Kier molecular flexibility index (Phi) is 6.24. The first-order chi connectivity index (χ1) is 10.9. The molecule has 0 aliphatic carbocycles. The van der Waals surface area contributed by atoms with Gasteiger partial charge < -0.3 is 20.1 Å². The lowest BCUT2D eigenvalue weighted by atomic mass is 9.89. The van der Waals surface area contributed by atoms with Gasteiger partial charge in [-0.1, -0.05) is 35.8 Å². The molecule has 1 aromatic rings. The normalized spacial score (nSPS) is 20.7. The lowest BCUT2D eigenvalue weighted by Gasteiger charge is -2.35. The molecule has 1 saturated heterocycles. The van der Waals surface area contributed by atoms with Crippen molar-refractivity contribution in [2.45, 2.75) is 6.04 Å². The van der Waals surface area contributed by atoms with E-state index in [4.69, 9.17) is 44.9 Å². The van der Waals surface area contributed by atoms with Crippen LogP contribution >= 0.6 is 35.4 Å². The van der Waals surface area contributed by atoms with E-state index in [-0.39, 0.29) is 6.61 Å². The highest BCUT2D eigenvalue weighted by Crippen LogP contribution is 2.33. The number of rotatable bonds is 5. The van der Waals surface area contributed by atoms with E-state index in [1.165, 1.54) is 7.11 Å². The first-order valence-electron chi connectivity index (χ1n) is 6.81. The third-order valence-electron chi connectivity index (χ3n) is 3.36. The minimum atomic E-state index is -0.657. The average molecular weight is 375 g/mol. The summed E-state index contributed by atoms with van der Waals surface area (Å²) in [6.45, 7) is 4.37. The summed E-state index contributed by atoms with van der Waals surface area (Å²) in [5.41, 5.74) is 1.23. The summed E-state index contributed by atoms with van der Waals surface area (Å²) in [5.74, 6) is -1.08. The van der Waals surface area contributed by atoms with E-state index in [1.54, 1.807) is 18.2 Å². The summed E-state index contributed by atoms with van der Waals surface area (Å²) >= 11 is 17.2. The molecule has 2 atom stereocenters. The zero-order valence-corrected chi connectivity index (χ0v) is 14.7. The van der Waals surface area contributed by atoms with E-state index < -0.39 is 17.9 Å². The highest BCUT2D eigenvalue weighted by atomic mass is 35.5. The topological polar surface area (TPSA) is 59.6 Å². The maximum atomic E-state index is 12.4. The van der Waals surface area contributed by atoms with Crippen molar-refractivity contribution in [1.82, 2.24) is 10.6 Å². The maximum absolute atomic E-state index is 12.4. The molecule has 1 aromatic carbocycles. The Morgan fingerprint density at radius 2 is 2.09 bits per heavy atom. The van der Waals surface area contributed by atoms with Crippen LogP contribution in [0.25, 0.3) is 0 Å². The van der Waals surface area contributed by atoms with Crippen LogP contribution in [0.3, 0.4) is 0 Å². The summed E-state index contributed by atoms with van der Waals surface area (Å²) in [5, 5.41) is 7.13. The minimum absolute atomic E-state index is 0.164. The van der Waals surface area contributed by atoms with Crippen molar-refractivity contribution in [3.63, 3.8) is 0 Å². The first kappa shape index (κ1) is 18.0. The number of methoxy groups -OCH3 is 1. The molecule has 0 amide bonds. The fourth-order valence-corrected chi connectivity index (χ4v) is 2.83. The fourth-order valence-electron chi connectivity index (χ4n) is 2.26. The Balaban J connectivity index is 2.27. The molecule has 8 heteroatoms. The maximum Gasteiger partial charge on any atom is 0.317 e. The summed E-state index contributed by atoms with van der Waals surface area (Å²) < 4.78 is 10.1. The van der Waals surface area contributed by atoms with Gasteiger partial charge in [0, 0.05) is 12.8 Å². The molecule has 0 radical (unpaired) electrons. The molecule has 124 valence electrons. The molecule has 1 aliphatic rings. The third-order valence-corrected chi connectivity index (χ3v) is 4.32. The number of esters is 1. The zero-order valence-electron chi connectivity index (χ0n) is 12.4. The second kappa shape index (κ2) is 7.97. The SMILES string of the molecule is C=C1NC(=S)N[C@@H](c2ccc(Cl)c(Cl)c2)[C@H]1C(=O)OCCOC. The van der Waals surface area contributed by atoms with Gasteiger partial charge in [0.15, 0.2) is 5.11 Å². The van der Waals surface area contributed by atoms with Gasteiger partial charge >= 0.3 is 5.97 Å². The number of carbonyl (C=O) groups excluding carboxylic acids is 1. The second-order valence-electron chi connectivity index (χ2n) is 4.91. The minimum Gasteiger partial charge on any atom is -0.463 e. The molecule has 2 N–H and O–H groups in total. The first-order valence-corrected chi connectivity index (χ1v) is 7.97. The molecule has 0 aromatic heterocycles. The molecule has 23 heavy (non-hydrogen) atoms. The molecular weight excluding hydrogens is 359 g/mol. The number of nitrogens with one attached hydrogen (secondary N) is 2. The number of hydrogen-bond donors (Lipinski definition) is 2. The second-order valence-corrected chi connectivity index (χ2v) is 6.14. The number of ether oxygens (including phenoxy) is 2. The highest BCUT2D eigenvalue weighted by molar-refractivity contribution is 7.80. The summed E-state index contributed by atoms with van der Waals surface area (Å²) in [4.78, 5) is 12.4. The van der Waals surface area contributed by atoms with Crippen LogP contribution in [0.4, 0.5) is 0 Å². The molecule has 0 bridgehead atoms. The van der Waals surface area contributed by atoms with Crippen molar-refractivity contribution in [3.8, 4) is 0 Å². The summed E-state index contributed by atoms with van der Waals surface area (Å²) in [6, 6.07) is 4.70. The predicted octanol–water partition coefficient (Wildman–Crippen LogP) is 2.83. The molecule has 0 saturated carbocycles. The van der Waals surface area contributed by atoms with E-state index in [9.17, 15) is 4.79 Å². The Morgan fingerprint density at radius 1 is 1.35 bits per heavy atom. The van der Waals surface area contributed by atoms with Crippen LogP contribution in [-0.2, 0) is 14.3 Å². The van der Waals surface area contributed by atoms with Crippen molar-refractivity contribution in [1.29, 1.82) is 0 Å². The van der Waals surface area contributed by atoms with Crippen LogP contribution in [0, 0.1) is 5.92 Å². The number of carbonyl (C=O) groups is 1. The van der Waals surface area contributed by atoms with Crippen LogP contribution in [-0.4, -0.2) is 31.4 Å². The van der Waals surface area contributed by atoms with Crippen molar-refractivity contribution < 1.29 is 14.3 Å². The van der Waals surface area contributed by atoms with Crippen LogP contribution in [0.2, 0.25) is 10.0 Å². The van der Waals surface area contributed by atoms with Crippen molar-refractivity contribution in [3.05, 3.63) is 46.1 Å². The quantitative estimate of drug-likeness (QED) is 0.469. The van der Waals surface area contributed by atoms with Gasteiger partial charge in [-0.05, 0) is 29.9 Å². The molecule has 1 fully saturated rings. The van der Waals surface area contributed by atoms with Crippen LogP contribution in [0.1, 0.15) is 11.6 Å². The van der Waals surface area contributed by atoms with Gasteiger partial charge in [-0.15, -0.1) is 0 Å². The van der Waals surface area contributed by atoms with Gasteiger partial charge in [0.25, 0.3) is 0 Å². The third kappa shape index (κ3) is 4.35. The Bertz CT molecular complexity index is 639. The number of benzene rings is 1. The van der Waals surface area contributed by atoms with Gasteiger partial charge in [-0.2, -0.15) is 0 Å². The van der Waals surface area contributed by atoms with Gasteiger partial charge in [0.1, 0.15) is 12.5 Å². The lowest BCUT2D eigenvalue weighted by molar-refractivity contribution is -0.149. The highest BCUT2D eigenvalue weighted by Gasteiger charge is 2.37. The number of hydrogen-bond acceptors (Lipinski definition) is 4. The largest absolute Gasteiger partial charge is 0.463 e.